The van der Waals surface area contributed by atoms with E-state index in [4.69, 9.17) is 4.74 Å². The van der Waals surface area contributed by atoms with Gasteiger partial charge in [-0.05, 0) is 25.8 Å². The summed E-state index contributed by atoms with van der Waals surface area (Å²) in [5, 5.41) is 4.59. The molecule has 0 spiro atoms. The lowest BCUT2D eigenvalue weighted by Crippen LogP contribution is -2.11. The Hall–Kier alpha value is -2.10. The second kappa shape index (κ2) is 5.90. The van der Waals surface area contributed by atoms with Crippen LogP contribution in [0.15, 0.2) is 30.3 Å². The fourth-order valence-corrected chi connectivity index (χ4v) is 2.44. The molecule has 0 saturated heterocycles. The second-order valence-corrected chi connectivity index (χ2v) is 4.78. The number of carbonyl (C=O) groups excluding carboxylic acids is 1. The van der Waals surface area contributed by atoms with Crippen LogP contribution in [0.1, 0.15) is 47.2 Å². The van der Waals surface area contributed by atoms with Gasteiger partial charge in [-0.25, -0.2) is 4.79 Å². The van der Waals surface area contributed by atoms with Crippen LogP contribution in [0.3, 0.4) is 0 Å². The number of hydrogen-bond acceptors (Lipinski definition) is 3. The summed E-state index contributed by atoms with van der Waals surface area (Å²) >= 11 is 0. The van der Waals surface area contributed by atoms with Crippen molar-refractivity contribution in [2.24, 2.45) is 0 Å². The number of ether oxygens (including phenoxy) is 1. The normalized spacial score (nSPS) is 12.2. The zero-order valence-electron chi connectivity index (χ0n) is 12.4. The van der Waals surface area contributed by atoms with Crippen molar-refractivity contribution in [3.05, 3.63) is 52.8 Å². The summed E-state index contributed by atoms with van der Waals surface area (Å²) in [6, 6.07) is 10.2. The number of aromatic nitrogens is 2. The number of aryl methyl sites for hydroxylation is 1. The van der Waals surface area contributed by atoms with Crippen molar-refractivity contribution in [3.8, 4) is 0 Å². The second-order valence-electron chi connectivity index (χ2n) is 4.78. The third kappa shape index (κ3) is 2.46. The SMILES string of the molecule is CCc1nn(C(C)c2ccccc2)c(C)c1C(=O)OC. The Morgan fingerprint density at radius 2 is 2.00 bits per heavy atom. The van der Waals surface area contributed by atoms with Gasteiger partial charge in [0.1, 0.15) is 5.56 Å². The molecule has 0 amide bonds. The molecule has 0 radical (unpaired) electrons. The molecular formula is C16H20N2O2. The maximum absolute atomic E-state index is 11.9. The fraction of sp³-hybridized carbons (Fsp3) is 0.375. The van der Waals surface area contributed by atoms with Crippen LogP contribution in [0.4, 0.5) is 0 Å². The molecule has 2 rings (SSSR count). The van der Waals surface area contributed by atoms with Gasteiger partial charge in [0.15, 0.2) is 0 Å². The summed E-state index contributed by atoms with van der Waals surface area (Å²) in [4.78, 5) is 11.9. The molecule has 0 aliphatic heterocycles. The zero-order chi connectivity index (χ0) is 14.7. The van der Waals surface area contributed by atoms with E-state index in [9.17, 15) is 4.79 Å². The first-order chi connectivity index (χ1) is 9.60. The van der Waals surface area contributed by atoms with Gasteiger partial charge < -0.3 is 4.74 Å². The van der Waals surface area contributed by atoms with Gasteiger partial charge in [0, 0.05) is 0 Å². The number of benzene rings is 1. The Balaban J connectivity index is 2.48. The van der Waals surface area contributed by atoms with Gasteiger partial charge in [0.05, 0.1) is 24.5 Å². The Morgan fingerprint density at radius 3 is 2.55 bits per heavy atom. The molecule has 1 aromatic carbocycles. The average molecular weight is 272 g/mol. The van der Waals surface area contributed by atoms with E-state index < -0.39 is 0 Å². The van der Waals surface area contributed by atoms with Crippen LogP contribution in [0.25, 0.3) is 0 Å². The molecule has 1 atom stereocenters. The summed E-state index contributed by atoms with van der Waals surface area (Å²) in [7, 11) is 1.40. The van der Waals surface area contributed by atoms with Crippen molar-refractivity contribution < 1.29 is 9.53 Å². The van der Waals surface area contributed by atoms with Gasteiger partial charge in [0.25, 0.3) is 0 Å². The predicted molar refractivity (Wildman–Crippen MR) is 77.9 cm³/mol. The summed E-state index contributed by atoms with van der Waals surface area (Å²) in [5.41, 5.74) is 3.40. The number of methoxy groups -OCH3 is 1. The van der Waals surface area contributed by atoms with Gasteiger partial charge in [-0.2, -0.15) is 5.10 Å². The molecule has 106 valence electrons. The molecule has 1 aromatic heterocycles. The monoisotopic (exact) mass is 272 g/mol. The minimum Gasteiger partial charge on any atom is -0.465 e. The van der Waals surface area contributed by atoms with Crippen molar-refractivity contribution in [2.45, 2.75) is 33.2 Å². The number of rotatable bonds is 4. The largest absolute Gasteiger partial charge is 0.465 e. The van der Waals surface area contributed by atoms with Crippen LogP contribution in [0, 0.1) is 6.92 Å². The lowest BCUT2D eigenvalue weighted by atomic mass is 10.1. The van der Waals surface area contributed by atoms with E-state index in [-0.39, 0.29) is 12.0 Å². The van der Waals surface area contributed by atoms with Crippen LogP contribution in [-0.2, 0) is 11.2 Å². The Morgan fingerprint density at radius 1 is 1.35 bits per heavy atom. The molecule has 1 unspecified atom stereocenters. The van der Waals surface area contributed by atoms with Crippen LogP contribution >= 0.6 is 0 Å². The van der Waals surface area contributed by atoms with E-state index in [1.807, 2.05) is 36.7 Å². The van der Waals surface area contributed by atoms with Crippen LogP contribution in [0.2, 0.25) is 0 Å². The van der Waals surface area contributed by atoms with Crippen LogP contribution in [0.5, 0.6) is 0 Å². The number of nitrogens with zero attached hydrogens (tertiary/aromatic N) is 2. The Kier molecular flexibility index (Phi) is 4.23. The van der Waals surface area contributed by atoms with Crippen molar-refractivity contribution in [1.82, 2.24) is 9.78 Å². The standard InChI is InChI=1S/C16H20N2O2/c1-5-14-15(16(19)20-4)12(3)18(17-14)11(2)13-9-7-6-8-10-13/h6-11H,5H2,1-4H3. The minimum atomic E-state index is -0.314. The first-order valence-electron chi connectivity index (χ1n) is 6.81. The maximum atomic E-state index is 11.9. The van der Waals surface area contributed by atoms with Gasteiger partial charge in [-0.1, -0.05) is 37.3 Å². The molecule has 0 aliphatic carbocycles. The molecule has 0 fully saturated rings. The van der Waals surface area contributed by atoms with E-state index in [0.717, 1.165) is 17.0 Å². The fourth-order valence-electron chi connectivity index (χ4n) is 2.44. The summed E-state index contributed by atoms with van der Waals surface area (Å²) in [5.74, 6) is -0.314. The first kappa shape index (κ1) is 14.3. The van der Waals surface area contributed by atoms with Crippen molar-refractivity contribution in [1.29, 1.82) is 0 Å². The van der Waals surface area contributed by atoms with Gasteiger partial charge >= 0.3 is 5.97 Å². The number of esters is 1. The minimum absolute atomic E-state index is 0.0832. The lowest BCUT2D eigenvalue weighted by molar-refractivity contribution is 0.0598. The molecule has 4 heteroatoms. The predicted octanol–water partition coefficient (Wildman–Crippen LogP) is 3.15. The highest BCUT2D eigenvalue weighted by atomic mass is 16.5. The van der Waals surface area contributed by atoms with E-state index in [0.29, 0.717) is 12.0 Å². The number of carbonyl (C=O) groups is 1. The highest BCUT2D eigenvalue weighted by molar-refractivity contribution is 5.91. The smallest absolute Gasteiger partial charge is 0.341 e. The van der Waals surface area contributed by atoms with Gasteiger partial charge in [-0.15, -0.1) is 0 Å². The highest BCUT2D eigenvalue weighted by Crippen LogP contribution is 2.23. The summed E-state index contributed by atoms with van der Waals surface area (Å²) in [6.07, 6.45) is 0.708. The van der Waals surface area contributed by atoms with E-state index in [1.54, 1.807) is 0 Å². The molecule has 4 nitrogen and oxygen atoms in total. The molecule has 0 bridgehead atoms. The van der Waals surface area contributed by atoms with E-state index in [1.165, 1.54) is 7.11 Å². The molecule has 0 aliphatic rings. The Labute approximate surface area is 119 Å². The lowest BCUT2D eigenvalue weighted by Gasteiger charge is -2.14. The zero-order valence-corrected chi connectivity index (χ0v) is 12.4. The summed E-state index contributed by atoms with van der Waals surface area (Å²) < 4.78 is 6.77. The average Bonchev–Trinajstić information content (AvgIpc) is 2.83. The van der Waals surface area contributed by atoms with Gasteiger partial charge in [-0.3, -0.25) is 4.68 Å². The molecule has 2 aromatic rings. The first-order valence-corrected chi connectivity index (χ1v) is 6.81. The highest BCUT2D eigenvalue weighted by Gasteiger charge is 2.23. The molecular weight excluding hydrogens is 252 g/mol. The van der Waals surface area contributed by atoms with Gasteiger partial charge in [0.2, 0.25) is 0 Å². The molecule has 0 N–H and O–H groups in total. The van der Waals surface area contributed by atoms with Crippen molar-refractivity contribution in [2.75, 3.05) is 7.11 Å². The van der Waals surface area contributed by atoms with E-state index >= 15 is 0 Å². The van der Waals surface area contributed by atoms with Crippen LogP contribution < -0.4 is 0 Å². The third-order valence-corrected chi connectivity index (χ3v) is 3.60. The third-order valence-electron chi connectivity index (χ3n) is 3.60. The van der Waals surface area contributed by atoms with E-state index in [2.05, 4.69) is 24.2 Å². The van der Waals surface area contributed by atoms with Crippen molar-refractivity contribution >= 4 is 5.97 Å². The van der Waals surface area contributed by atoms with Crippen molar-refractivity contribution in [3.63, 3.8) is 0 Å². The topological polar surface area (TPSA) is 44.1 Å². The molecule has 0 saturated carbocycles. The molecule has 1 heterocycles. The maximum Gasteiger partial charge on any atom is 0.341 e. The summed E-state index contributed by atoms with van der Waals surface area (Å²) in [6.45, 7) is 5.99. The Bertz CT molecular complexity index is 602. The number of hydrogen-bond donors (Lipinski definition) is 0. The quantitative estimate of drug-likeness (QED) is 0.803. The molecule has 20 heavy (non-hydrogen) atoms. The van der Waals surface area contributed by atoms with Crippen LogP contribution in [-0.4, -0.2) is 22.9 Å².